The summed E-state index contributed by atoms with van der Waals surface area (Å²) >= 11 is 0. The second-order valence-electron chi connectivity index (χ2n) is 3.22. The molecule has 1 atom stereocenters. The van der Waals surface area contributed by atoms with Crippen molar-refractivity contribution in [2.75, 3.05) is 0 Å². The lowest BCUT2D eigenvalue weighted by atomic mass is 10.0. The molecule has 7 nitrogen and oxygen atoms in total. The highest BCUT2D eigenvalue weighted by atomic mass is 16.2. The first-order valence-corrected chi connectivity index (χ1v) is 4.27. The van der Waals surface area contributed by atoms with Crippen LogP contribution in [0.1, 0.15) is 0 Å². The normalized spacial score (nSPS) is 22.4. The standard InChI is InChI=1S/C8H5N5O2/c14-5-1-4-3(2-9-13-12-4)6-7(5)11-8(15)10-6/h1-2,7H,(H2,10,11,15). The van der Waals surface area contributed by atoms with Crippen LogP contribution in [0.2, 0.25) is 0 Å². The Morgan fingerprint density at radius 3 is 3.07 bits per heavy atom. The second-order valence-corrected chi connectivity index (χ2v) is 3.22. The highest BCUT2D eigenvalue weighted by molar-refractivity contribution is 6.18. The number of nitrogens with zero attached hydrogens (tertiary/aromatic N) is 3. The fourth-order valence-corrected chi connectivity index (χ4v) is 1.68. The second kappa shape index (κ2) is 2.59. The zero-order valence-electron chi connectivity index (χ0n) is 7.39. The van der Waals surface area contributed by atoms with Gasteiger partial charge in [-0.3, -0.25) is 4.79 Å². The molecule has 2 heterocycles. The molecule has 1 aromatic heterocycles. The van der Waals surface area contributed by atoms with Crippen molar-refractivity contribution >= 4 is 23.6 Å². The van der Waals surface area contributed by atoms with Crippen molar-refractivity contribution in [3.05, 3.63) is 16.8 Å². The summed E-state index contributed by atoms with van der Waals surface area (Å²) in [6.07, 6.45) is 2.83. The Morgan fingerprint density at radius 2 is 2.20 bits per heavy atom. The Balaban J connectivity index is 2.40. The Hall–Kier alpha value is -2.31. The van der Waals surface area contributed by atoms with Gasteiger partial charge in [-0.25, -0.2) is 4.79 Å². The monoisotopic (exact) mass is 203 g/mol. The molecule has 15 heavy (non-hydrogen) atoms. The molecule has 1 unspecified atom stereocenters. The van der Waals surface area contributed by atoms with Crippen LogP contribution in [0.3, 0.4) is 0 Å². The molecule has 0 aromatic carbocycles. The number of fused-ring (bicyclic) bond motifs is 2. The number of amides is 2. The number of ketones is 1. The predicted molar refractivity (Wildman–Crippen MR) is 47.4 cm³/mol. The van der Waals surface area contributed by atoms with Gasteiger partial charge in [0.1, 0.15) is 11.4 Å². The molecule has 2 amide bonds. The Labute approximate surface area is 82.9 Å². The van der Waals surface area contributed by atoms with Gasteiger partial charge >= 0.3 is 6.03 Å². The number of rotatable bonds is 0. The van der Waals surface area contributed by atoms with Crippen LogP contribution < -0.4 is 21.2 Å². The zero-order valence-corrected chi connectivity index (χ0v) is 7.39. The third kappa shape index (κ3) is 1.03. The molecule has 2 N–H and O–H groups in total. The molecule has 1 fully saturated rings. The molecule has 1 aliphatic heterocycles. The van der Waals surface area contributed by atoms with Gasteiger partial charge in [-0.1, -0.05) is 0 Å². The average Bonchev–Trinajstić information content (AvgIpc) is 2.61. The Morgan fingerprint density at radius 1 is 1.33 bits per heavy atom. The van der Waals surface area contributed by atoms with E-state index < -0.39 is 6.04 Å². The van der Waals surface area contributed by atoms with Crippen LogP contribution >= 0.6 is 0 Å². The highest BCUT2D eigenvalue weighted by Gasteiger charge is 2.33. The van der Waals surface area contributed by atoms with Gasteiger partial charge in [-0.15, -0.1) is 10.2 Å². The maximum absolute atomic E-state index is 11.6. The lowest BCUT2D eigenvalue weighted by molar-refractivity contribution is -0.113. The summed E-state index contributed by atoms with van der Waals surface area (Å²) in [5, 5.41) is 16.9. The number of carbonyl (C=O) groups is 2. The van der Waals surface area contributed by atoms with E-state index in [0.717, 1.165) is 0 Å². The van der Waals surface area contributed by atoms with E-state index in [1.54, 1.807) is 0 Å². The summed E-state index contributed by atoms with van der Waals surface area (Å²) in [5.74, 6) is -0.212. The van der Waals surface area contributed by atoms with Gasteiger partial charge in [0.15, 0.2) is 5.78 Å². The van der Waals surface area contributed by atoms with Crippen LogP contribution in [0.15, 0.2) is 6.20 Å². The van der Waals surface area contributed by atoms with Gasteiger partial charge in [0.2, 0.25) is 0 Å². The summed E-state index contributed by atoms with van der Waals surface area (Å²) in [5.41, 5.74) is 0.505. The molecular weight excluding hydrogens is 198 g/mol. The fourth-order valence-electron chi connectivity index (χ4n) is 1.68. The Bertz CT molecular complexity index is 593. The largest absolute Gasteiger partial charge is 0.322 e. The molecule has 0 radical (unpaired) electrons. The summed E-state index contributed by atoms with van der Waals surface area (Å²) < 4.78 is 0. The summed E-state index contributed by atoms with van der Waals surface area (Å²) in [6, 6.07) is -1.02. The van der Waals surface area contributed by atoms with Crippen molar-refractivity contribution in [1.82, 2.24) is 26.0 Å². The lowest BCUT2D eigenvalue weighted by Crippen LogP contribution is -2.45. The SMILES string of the molecule is O=C1NC2=c3cnnnc3=CC(=O)C2N1. The summed E-state index contributed by atoms with van der Waals surface area (Å²) in [7, 11) is 0. The zero-order chi connectivity index (χ0) is 10.4. The van der Waals surface area contributed by atoms with Crippen LogP contribution in [-0.4, -0.2) is 33.3 Å². The molecule has 7 heteroatoms. The number of carbonyl (C=O) groups excluding carboxylic acids is 2. The van der Waals surface area contributed by atoms with Crippen LogP contribution in [0.25, 0.3) is 11.8 Å². The van der Waals surface area contributed by atoms with Crippen molar-refractivity contribution in [2.45, 2.75) is 6.04 Å². The van der Waals surface area contributed by atoms with Crippen molar-refractivity contribution in [3.8, 4) is 0 Å². The van der Waals surface area contributed by atoms with Crippen molar-refractivity contribution in [2.24, 2.45) is 0 Å². The molecule has 0 saturated carbocycles. The highest BCUT2D eigenvalue weighted by Crippen LogP contribution is 2.08. The predicted octanol–water partition coefficient (Wildman–Crippen LogP) is -2.98. The minimum absolute atomic E-state index is 0.212. The van der Waals surface area contributed by atoms with E-state index in [2.05, 4.69) is 26.0 Å². The number of aromatic nitrogens is 3. The molecule has 0 spiro atoms. The number of urea groups is 1. The van der Waals surface area contributed by atoms with Gasteiger partial charge in [0.25, 0.3) is 0 Å². The van der Waals surface area contributed by atoms with Gasteiger partial charge in [-0.2, -0.15) is 0 Å². The average molecular weight is 203 g/mol. The smallest absolute Gasteiger partial charge is 0.320 e. The molecule has 3 rings (SSSR count). The first-order chi connectivity index (χ1) is 7.25. The number of hydrogen-bond acceptors (Lipinski definition) is 5. The maximum Gasteiger partial charge on any atom is 0.320 e. The van der Waals surface area contributed by atoms with Crippen molar-refractivity contribution in [1.29, 1.82) is 0 Å². The lowest BCUT2D eigenvalue weighted by Gasteiger charge is -2.09. The van der Waals surface area contributed by atoms with Crippen LogP contribution in [-0.2, 0) is 4.79 Å². The molecule has 1 aromatic rings. The molecule has 1 saturated heterocycles. The molecule has 1 aliphatic carbocycles. The van der Waals surface area contributed by atoms with E-state index in [9.17, 15) is 9.59 Å². The van der Waals surface area contributed by atoms with Crippen molar-refractivity contribution < 1.29 is 9.59 Å². The van der Waals surface area contributed by atoms with Crippen LogP contribution in [0.4, 0.5) is 4.79 Å². The van der Waals surface area contributed by atoms with E-state index >= 15 is 0 Å². The topological polar surface area (TPSA) is 96.9 Å². The number of Topliss-reactive ketones (excluding diaryl/α,β-unsaturated/α-hetero) is 1. The minimum atomic E-state index is -0.629. The van der Waals surface area contributed by atoms with E-state index in [1.807, 2.05) is 0 Å². The molecule has 2 aliphatic rings. The van der Waals surface area contributed by atoms with Gasteiger partial charge in [0, 0.05) is 11.3 Å². The maximum atomic E-state index is 11.6. The van der Waals surface area contributed by atoms with Gasteiger partial charge < -0.3 is 10.6 Å². The minimum Gasteiger partial charge on any atom is -0.322 e. The van der Waals surface area contributed by atoms with E-state index in [0.29, 0.717) is 16.3 Å². The number of hydrogen-bond donors (Lipinski definition) is 2. The first kappa shape index (κ1) is 8.04. The van der Waals surface area contributed by atoms with E-state index in [-0.39, 0.29) is 11.8 Å². The molecule has 74 valence electrons. The van der Waals surface area contributed by atoms with E-state index in [4.69, 9.17) is 0 Å². The fraction of sp³-hybridized carbons (Fsp3) is 0.125. The van der Waals surface area contributed by atoms with Crippen molar-refractivity contribution in [3.63, 3.8) is 0 Å². The van der Waals surface area contributed by atoms with Crippen LogP contribution in [0, 0.1) is 0 Å². The van der Waals surface area contributed by atoms with Gasteiger partial charge in [0.05, 0.1) is 11.9 Å². The number of nitrogens with one attached hydrogen (secondary N) is 2. The summed E-state index contributed by atoms with van der Waals surface area (Å²) in [4.78, 5) is 22.7. The first-order valence-electron chi connectivity index (χ1n) is 4.27. The third-order valence-electron chi connectivity index (χ3n) is 2.33. The Kier molecular flexibility index (Phi) is 1.39. The van der Waals surface area contributed by atoms with E-state index in [1.165, 1.54) is 12.3 Å². The quantitative estimate of drug-likeness (QED) is 0.469. The molecule has 0 bridgehead atoms. The third-order valence-corrected chi connectivity index (χ3v) is 2.33. The molecular formula is C8H5N5O2. The summed E-state index contributed by atoms with van der Waals surface area (Å²) in [6.45, 7) is 0. The van der Waals surface area contributed by atoms with Gasteiger partial charge in [-0.05, 0) is 5.21 Å². The van der Waals surface area contributed by atoms with Crippen LogP contribution in [0.5, 0.6) is 0 Å².